The number of morpholine rings is 1. The molecule has 7 heteroatoms. The lowest BCUT2D eigenvalue weighted by molar-refractivity contribution is 0.0397. The molecule has 3 rings (SSSR count). The van der Waals surface area contributed by atoms with Crippen LogP contribution in [0.2, 0.25) is 0 Å². The van der Waals surface area contributed by atoms with Crippen molar-refractivity contribution in [3.05, 3.63) is 53.9 Å². The van der Waals surface area contributed by atoms with Crippen molar-refractivity contribution in [2.24, 2.45) is 5.10 Å². The first-order valence-electron chi connectivity index (χ1n) is 7.93. The fourth-order valence-corrected chi connectivity index (χ4v) is 2.31. The predicted octanol–water partition coefficient (Wildman–Crippen LogP) is 1.98. The Morgan fingerprint density at radius 3 is 2.84 bits per heavy atom. The van der Waals surface area contributed by atoms with E-state index in [0.717, 1.165) is 18.7 Å². The maximum Gasteiger partial charge on any atom is 0.345 e. The summed E-state index contributed by atoms with van der Waals surface area (Å²) in [5.41, 5.74) is 1.23. The van der Waals surface area contributed by atoms with Crippen molar-refractivity contribution in [3.8, 4) is 11.5 Å². The van der Waals surface area contributed by atoms with E-state index in [2.05, 4.69) is 10.1 Å². The van der Waals surface area contributed by atoms with Gasteiger partial charge >= 0.3 is 5.97 Å². The van der Waals surface area contributed by atoms with Gasteiger partial charge in [0.1, 0.15) is 0 Å². The summed E-state index contributed by atoms with van der Waals surface area (Å²) >= 11 is 0. The normalized spacial score (nSPS) is 14.5. The van der Waals surface area contributed by atoms with Crippen LogP contribution >= 0.6 is 0 Å². The minimum absolute atomic E-state index is 0.347. The number of carbonyl (C=O) groups is 1. The van der Waals surface area contributed by atoms with E-state index < -0.39 is 5.97 Å². The van der Waals surface area contributed by atoms with Crippen molar-refractivity contribution in [1.29, 1.82) is 0 Å². The summed E-state index contributed by atoms with van der Waals surface area (Å²) in [6.07, 6.45) is 4.80. The molecule has 0 atom stereocenters. The van der Waals surface area contributed by atoms with Crippen molar-refractivity contribution in [2.75, 3.05) is 33.4 Å². The molecule has 1 aromatic carbocycles. The summed E-state index contributed by atoms with van der Waals surface area (Å²) in [4.78, 5) is 16.0. The first kappa shape index (κ1) is 16.9. The van der Waals surface area contributed by atoms with Gasteiger partial charge in [-0.05, 0) is 35.9 Å². The third kappa shape index (κ3) is 4.54. The second-order valence-electron chi connectivity index (χ2n) is 5.35. The van der Waals surface area contributed by atoms with E-state index in [1.165, 1.54) is 13.3 Å². The predicted molar refractivity (Wildman–Crippen MR) is 92.2 cm³/mol. The maximum atomic E-state index is 12.1. The molecule has 1 saturated heterocycles. The second-order valence-corrected chi connectivity index (χ2v) is 5.35. The Morgan fingerprint density at radius 2 is 2.12 bits per heavy atom. The topological polar surface area (TPSA) is 73.2 Å². The molecule has 0 aliphatic carbocycles. The van der Waals surface area contributed by atoms with Crippen LogP contribution in [0.25, 0.3) is 0 Å². The molecule has 0 amide bonds. The number of benzene rings is 1. The van der Waals surface area contributed by atoms with E-state index in [1.54, 1.807) is 36.7 Å². The zero-order chi connectivity index (χ0) is 17.5. The summed E-state index contributed by atoms with van der Waals surface area (Å²) in [6.45, 7) is 2.91. The minimum atomic E-state index is -0.485. The number of nitrogens with zero attached hydrogens (tertiary/aromatic N) is 3. The Bertz CT molecular complexity index is 743. The van der Waals surface area contributed by atoms with Crippen LogP contribution in [-0.4, -0.2) is 55.6 Å². The molecule has 0 radical (unpaired) electrons. The van der Waals surface area contributed by atoms with Crippen LogP contribution in [0, 0.1) is 0 Å². The third-order valence-electron chi connectivity index (χ3n) is 3.65. The van der Waals surface area contributed by atoms with Gasteiger partial charge in [-0.15, -0.1) is 0 Å². The lowest BCUT2D eigenvalue weighted by Gasteiger charge is -2.23. The van der Waals surface area contributed by atoms with Gasteiger partial charge in [-0.3, -0.25) is 9.99 Å². The molecule has 25 heavy (non-hydrogen) atoms. The number of methoxy groups -OCH3 is 1. The molecule has 0 bridgehead atoms. The maximum absolute atomic E-state index is 12.1. The van der Waals surface area contributed by atoms with Crippen LogP contribution < -0.4 is 9.47 Å². The van der Waals surface area contributed by atoms with Gasteiger partial charge in [0.2, 0.25) is 0 Å². The Hall–Kier alpha value is -2.93. The fourth-order valence-electron chi connectivity index (χ4n) is 2.31. The van der Waals surface area contributed by atoms with Crippen LogP contribution in [0.1, 0.15) is 15.9 Å². The largest absolute Gasteiger partial charge is 0.493 e. The van der Waals surface area contributed by atoms with Gasteiger partial charge in [0, 0.05) is 12.4 Å². The molecule has 1 fully saturated rings. The second kappa shape index (κ2) is 8.25. The summed E-state index contributed by atoms with van der Waals surface area (Å²) in [5.74, 6) is 0.323. The van der Waals surface area contributed by atoms with Gasteiger partial charge in [0.15, 0.2) is 11.5 Å². The van der Waals surface area contributed by atoms with Crippen molar-refractivity contribution in [3.63, 3.8) is 0 Å². The highest BCUT2D eigenvalue weighted by atomic mass is 16.6. The molecule has 1 aliphatic rings. The van der Waals surface area contributed by atoms with Crippen molar-refractivity contribution in [2.45, 2.75) is 0 Å². The average molecular weight is 341 g/mol. The third-order valence-corrected chi connectivity index (χ3v) is 3.65. The van der Waals surface area contributed by atoms with E-state index in [4.69, 9.17) is 14.2 Å². The van der Waals surface area contributed by atoms with Crippen LogP contribution in [0.3, 0.4) is 0 Å². The molecule has 7 nitrogen and oxygen atoms in total. The number of hydrogen-bond donors (Lipinski definition) is 0. The van der Waals surface area contributed by atoms with Crippen LogP contribution in [0.15, 0.2) is 47.8 Å². The first-order valence-corrected chi connectivity index (χ1v) is 7.93. The molecule has 130 valence electrons. The number of aromatic nitrogens is 1. The summed E-state index contributed by atoms with van der Waals surface area (Å²) in [6, 6.07) is 8.60. The highest BCUT2D eigenvalue weighted by Gasteiger charge is 2.13. The number of hydrogen-bond acceptors (Lipinski definition) is 7. The Labute approximate surface area is 145 Å². The van der Waals surface area contributed by atoms with Crippen LogP contribution in [0.5, 0.6) is 11.5 Å². The molecule has 2 aromatic rings. The molecule has 1 aliphatic heterocycles. The summed E-state index contributed by atoms with van der Waals surface area (Å²) in [7, 11) is 1.53. The molecule has 0 N–H and O–H groups in total. The number of hydrazone groups is 1. The molecule has 2 heterocycles. The molecule has 0 saturated carbocycles. The van der Waals surface area contributed by atoms with E-state index >= 15 is 0 Å². The lowest BCUT2D eigenvalue weighted by atomic mass is 10.2. The van der Waals surface area contributed by atoms with Gasteiger partial charge in [-0.25, -0.2) is 4.79 Å². The smallest absolute Gasteiger partial charge is 0.345 e. The number of esters is 1. The van der Waals surface area contributed by atoms with Gasteiger partial charge in [-0.1, -0.05) is 0 Å². The molecule has 0 spiro atoms. The van der Waals surface area contributed by atoms with Crippen LogP contribution in [-0.2, 0) is 4.74 Å². The van der Waals surface area contributed by atoms with E-state index in [9.17, 15) is 4.79 Å². The van der Waals surface area contributed by atoms with Gasteiger partial charge in [-0.2, -0.15) is 5.10 Å². The fraction of sp³-hybridized carbons (Fsp3) is 0.278. The van der Waals surface area contributed by atoms with E-state index in [-0.39, 0.29) is 0 Å². The van der Waals surface area contributed by atoms with Crippen molar-refractivity contribution in [1.82, 2.24) is 9.99 Å². The Morgan fingerprint density at radius 1 is 1.28 bits per heavy atom. The SMILES string of the molecule is COc1cc(/C=N/N2CCOCC2)ccc1OC(=O)c1cccnc1. The standard InChI is InChI=1S/C18H19N3O4/c1-23-17-11-14(12-20-21-7-9-24-10-8-21)4-5-16(17)25-18(22)15-3-2-6-19-13-15/h2-6,11-13H,7-10H2,1H3/b20-12+. The van der Waals surface area contributed by atoms with Crippen LogP contribution in [0.4, 0.5) is 0 Å². The first-order chi connectivity index (χ1) is 12.3. The molecular formula is C18H19N3O4. The number of pyridine rings is 1. The number of carbonyl (C=O) groups excluding carboxylic acids is 1. The summed E-state index contributed by atoms with van der Waals surface area (Å²) in [5, 5.41) is 6.37. The number of rotatable bonds is 5. The van der Waals surface area contributed by atoms with Crippen molar-refractivity contribution >= 4 is 12.2 Å². The summed E-state index contributed by atoms with van der Waals surface area (Å²) < 4.78 is 16.0. The quantitative estimate of drug-likeness (QED) is 0.470. The minimum Gasteiger partial charge on any atom is -0.493 e. The van der Waals surface area contributed by atoms with E-state index in [1.807, 2.05) is 11.1 Å². The highest BCUT2D eigenvalue weighted by Crippen LogP contribution is 2.28. The van der Waals surface area contributed by atoms with Gasteiger partial charge in [0.25, 0.3) is 0 Å². The monoisotopic (exact) mass is 341 g/mol. The lowest BCUT2D eigenvalue weighted by Crippen LogP contribution is -2.32. The molecule has 1 aromatic heterocycles. The zero-order valence-corrected chi connectivity index (χ0v) is 13.9. The van der Waals surface area contributed by atoms with Gasteiger partial charge < -0.3 is 14.2 Å². The average Bonchev–Trinajstić information content (AvgIpc) is 2.68. The van der Waals surface area contributed by atoms with Crippen molar-refractivity contribution < 1.29 is 19.0 Å². The number of ether oxygens (including phenoxy) is 3. The highest BCUT2D eigenvalue weighted by molar-refractivity contribution is 5.91. The van der Waals surface area contributed by atoms with Gasteiger partial charge in [0.05, 0.1) is 45.2 Å². The Balaban J connectivity index is 1.71. The Kier molecular flexibility index (Phi) is 5.58. The zero-order valence-electron chi connectivity index (χ0n) is 13.9. The molecule has 0 unspecified atom stereocenters. The molecular weight excluding hydrogens is 322 g/mol. The van der Waals surface area contributed by atoms with E-state index in [0.29, 0.717) is 30.3 Å².